The molecule has 1 aliphatic carbocycles. The van der Waals surface area contributed by atoms with Gasteiger partial charge in [0.25, 0.3) is 5.91 Å². The summed E-state index contributed by atoms with van der Waals surface area (Å²) in [6.45, 7) is 4.18. The third-order valence-electron chi connectivity index (χ3n) is 4.46. The van der Waals surface area contributed by atoms with Crippen molar-refractivity contribution in [1.29, 1.82) is 0 Å². The molecule has 1 N–H and O–H groups in total. The van der Waals surface area contributed by atoms with Gasteiger partial charge in [-0.15, -0.1) is 0 Å². The predicted molar refractivity (Wildman–Crippen MR) is 90.5 cm³/mol. The zero-order valence-corrected chi connectivity index (χ0v) is 14.2. The molecule has 0 aromatic heterocycles. The van der Waals surface area contributed by atoms with Gasteiger partial charge in [0.1, 0.15) is 17.6 Å². The highest BCUT2D eigenvalue weighted by atomic mass is 16.6. The van der Waals surface area contributed by atoms with Gasteiger partial charge in [-0.3, -0.25) is 4.79 Å². The molecule has 0 spiro atoms. The van der Waals surface area contributed by atoms with Gasteiger partial charge in [0.2, 0.25) is 0 Å². The minimum Gasteiger partial charge on any atom is -0.491 e. The van der Waals surface area contributed by atoms with Crippen molar-refractivity contribution < 1.29 is 19.1 Å². The number of nitrogens with one attached hydrogen (secondary N) is 1. The minimum absolute atomic E-state index is 0.0252. The molecule has 1 fully saturated rings. The molecular weight excluding hydrogens is 308 g/mol. The summed E-state index contributed by atoms with van der Waals surface area (Å²) in [6, 6.07) is 0. The molecule has 3 atom stereocenters. The quantitative estimate of drug-likeness (QED) is 0.776. The van der Waals surface area contributed by atoms with E-state index in [-0.39, 0.29) is 18.1 Å². The molecule has 3 rings (SSSR count). The third-order valence-corrected chi connectivity index (χ3v) is 4.46. The van der Waals surface area contributed by atoms with Gasteiger partial charge in [-0.2, -0.15) is 0 Å². The lowest BCUT2D eigenvalue weighted by Crippen LogP contribution is -2.35. The van der Waals surface area contributed by atoms with Crippen LogP contribution in [0.15, 0.2) is 29.1 Å². The van der Waals surface area contributed by atoms with E-state index in [0.29, 0.717) is 31.0 Å². The molecule has 6 nitrogen and oxygen atoms in total. The van der Waals surface area contributed by atoms with Gasteiger partial charge in [0, 0.05) is 31.9 Å². The van der Waals surface area contributed by atoms with Crippen LogP contribution in [0.2, 0.25) is 0 Å². The molecule has 0 saturated carbocycles. The molecule has 0 radical (unpaired) electrons. The monoisotopic (exact) mass is 334 g/mol. The number of rotatable bonds is 7. The maximum absolute atomic E-state index is 12.1. The summed E-state index contributed by atoms with van der Waals surface area (Å²) in [5, 5.41) is 6.88. The second-order valence-corrected chi connectivity index (χ2v) is 6.66. The Morgan fingerprint density at radius 1 is 1.50 bits per heavy atom. The first-order valence-electron chi connectivity index (χ1n) is 8.82. The normalized spacial score (nSPS) is 27.2. The molecule has 0 bridgehead atoms. The third kappa shape index (κ3) is 4.84. The van der Waals surface area contributed by atoms with Crippen LogP contribution in [-0.2, 0) is 19.1 Å². The van der Waals surface area contributed by atoms with E-state index in [1.165, 1.54) is 0 Å². The molecule has 0 aromatic carbocycles. The number of oxime groups is 1. The number of ether oxygens (including phenoxy) is 2. The topological polar surface area (TPSA) is 69.2 Å². The fourth-order valence-electron chi connectivity index (χ4n) is 3.10. The first-order valence-corrected chi connectivity index (χ1v) is 8.82. The highest BCUT2D eigenvalue weighted by Gasteiger charge is 2.28. The van der Waals surface area contributed by atoms with Crippen LogP contribution in [0, 0.1) is 5.92 Å². The largest absolute Gasteiger partial charge is 0.491 e. The van der Waals surface area contributed by atoms with Crippen LogP contribution in [0.25, 0.3) is 0 Å². The Kier molecular flexibility index (Phi) is 5.91. The van der Waals surface area contributed by atoms with E-state index in [2.05, 4.69) is 22.6 Å². The molecule has 3 aliphatic rings. The summed E-state index contributed by atoms with van der Waals surface area (Å²) in [7, 11) is 0. The summed E-state index contributed by atoms with van der Waals surface area (Å²) in [6.07, 6.45) is 10.5. The Morgan fingerprint density at radius 3 is 3.17 bits per heavy atom. The van der Waals surface area contributed by atoms with Crippen LogP contribution in [0.4, 0.5) is 0 Å². The van der Waals surface area contributed by atoms with Gasteiger partial charge >= 0.3 is 0 Å². The minimum atomic E-state index is -0.129. The Hall–Kier alpha value is -1.82. The van der Waals surface area contributed by atoms with Crippen LogP contribution >= 0.6 is 0 Å². The molecule has 6 heteroatoms. The fraction of sp³-hybridized carbons (Fsp3) is 0.667. The number of carbonyl (C=O) groups is 1. The lowest BCUT2D eigenvalue weighted by atomic mass is 10.1. The molecule has 3 unspecified atom stereocenters. The molecule has 1 amide bonds. The fourth-order valence-corrected chi connectivity index (χ4v) is 3.10. The lowest BCUT2D eigenvalue weighted by molar-refractivity contribution is -0.115. The van der Waals surface area contributed by atoms with E-state index >= 15 is 0 Å². The van der Waals surface area contributed by atoms with Gasteiger partial charge < -0.3 is 19.6 Å². The van der Waals surface area contributed by atoms with Gasteiger partial charge in [0.05, 0.1) is 12.7 Å². The number of hydrogen-bond donors (Lipinski definition) is 1. The standard InChI is InChI=1S/C18H26N2O4/c1-13(23-15-5-3-2-4-6-15)9-16-10-17(20-24-16)18(21)19-11-14-7-8-22-12-14/h3,5-6,13-14,16H,2,4,7-12H2,1H3,(H,19,21). The number of nitrogens with zero attached hydrogens (tertiary/aromatic N) is 1. The van der Waals surface area contributed by atoms with E-state index in [1.54, 1.807) is 0 Å². The predicted octanol–water partition coefficient (Wildman–Crippen LogP) is 2.31. The maximum Gasteiger partial charge on any atom is 0.269 e. The Bertz CT molecular complexity index is 535. The molecule has 0 aromatic rings. The van der Waals surface area contributed by atoms with Crippen molar-refractivity contribution in [2.75, 3.05) is 19.8 Å². The number of amides is 1. The van der Waals surface area contributed by atoms with Gasteiger partial charge in [-0.25, -0.2) is 0 Å². The van der Waals surface area contributed by atoms with Crippen molar-refractivity contribution in [2.24, 2.45) is 11.1 Å². The summed E-state index contributed by atoms with van der Waals surface area (Å²) in [5.41, 5.74) is 0.475. The molecule has 132 valence electrons. The summed E-state index contributed by atoms with van der Waals surface area (Å²) in [5.74, 6) is 1.21. The van der Waals surface area contributed by atoms with Gasteiger partial charge in [0.15, 0.2) is 0 Å². The van der Waals surface area contributed by atoms with E-state index < -0.39 is 0 Å². The Balaban J connectivity index is 1.37. The van der Waals surface area contributed by atoms with Crippen LogP contribution in [0.3, 0.4) is 0 Å². The molecule has 24 heavy (non-hydrogen) atoms. The van der Waals surface area contributed by atoms with Crippen molar-refractivity contribution >= 4 is 11.6 Å². The zero-order valence-electron chi connectivity index (χ0n) is 14.2. The number of hydrogen-bond acceptors (Lipinski definition) is 5. The van der Waals surface area contributed by atoms with Crippen LogP contribution < -0.4 is 5.32 Å². The average Bonchev–Trinajstić information content (AvgIpc) is 3.25. The first kappa shape index (κ1) is 17.0. The lowest BCUT2D eigenvalue weighted by Gasteiger charge is -2.19. The van der Waals surface area contributed by atoms with Crippen molar-refractivity contribution in [3.8, 4) is 0 Å². The van der Waals surface area contributed by atoms with Gasteiger partial charge in [-0.05, 0) is 38.3 Å². The van der Waals surface area contributed by atoms with E-state index in [0.717, 1.165) is 38.2 Å². The highest BCUT2D eigenvalue weighted by molar-refractivity contribution is 6.39. The summed E-state index contributed by atoms with van der Waals surface area (Å²) >= 11 is 0. The van der Waals surface area contributed by atoms with Gasteiger partial charge in [-0.1, -0.05) is 11.2 Å². The van der Waals surface area contributed by atoms with Crippen LogP contribution in [0.1, 0.15) is 39.0 Å². The zero-order chi connectivity index (χ0) is 16.8. The maximum atomic E-state index is 12.1. The Morgan fingerprint density at radius 2 is 2.42 bits per heavy atom. The molecule has 2 aliphatic heterocycles. The number of allylic oxidation sites excluding steroid dienone is 3. The van der Waals surface area contributed by atoms with Crippen molar-refractivity contribution in [3.05, 3.63) is 24.0 Å². The van der Waals surface area contributed by atoms with E-state index in [4.69, 9.17) is 14.3 Å². The Labute approximate surface area is 142 Å². The molecule has 2 heterocycles. The number of carbonyl (C=O) groups excluding carboxylic acids is 1. The summed E-state index contributed by atoms with van der Waals surface area (Å²) in [4.78, 5) is 17.5. The van der Waals surface area contributed by atoms with Crippen LogP contribution in [0.5, 0.6) is 0 Å². The SMILES string of the molecule is CC(CC1CC(C(=O)NCC2CCOC2)=NO1)OC1=CCCC=C1. The second kappa shape index (κ2) is 8.33. The van der Waals surface area contributed by atoms with E-state index in [1.807, 2.05) is 13.0 Å². The highest BCUT2D eigenvalue weighted by Crippen LogP contribution is 2.20. The van der Waals surface area contributed by atoms with Crippen molar-refractivity contribution in [2.45, 2.75) is 51.2 Å². The molecular formula is C18H26N2O4. The average molecular weight is 334 g/mol. The first-order chi connectivity index (χ1) is 11.7. The van der Waals surface area contributed by atoms with Crippen LogP contribution in [-0.4, -0.2) is 43.6 Å². The van der Waals surface area contributed by atoms with E-state index in [9.17, 15) is 4.79 Å². The van der Waals surface area contributed by atoms with Crippen molar-refractivity contribution in [1.82, 2.24) is 5.32 Å². The van der Waals surface area contributed by atoms with Crippen molar-refractivity contribution in [3.63, 3.8) is 0 Å². The smallest absolute Gasteiger partial charge is 0.269 e. The second-order valence-electron chi connectivity index (χ2n) is 6.66. The molecule has 1 saturated heterocycles. The summed E-state index contributed by atoms with van der Waals surface area (Å²) < 4.78 is 11.2.